The van der Waals surface area contributed by atoms with E-state index in [1.807, 2.05) is 54.7 Å². The van der Waals surface area contributed by atoms with Crippen LogP contribution in [-0.4, -0.2) is 15.0 Å². The Morgan fingerprint density at radius 3 is 1.98 bits per heavy atom. The average Bonchev–Trinajstić information content (AvgIpc) is 3.16. The Bertz CT molecular complexity index is 2540. The van der Waals surface area contributed by atoms with Crippen LogP contribution in [0, 0.1) is 0 Å². The lowest BCUT2D eigenvalue weighted by Gasteiger charge is -2.15. The lowest BCUT2D eigenvalue weighted by atomic mass is 9.91. The van der Waals surface area contributed by atoms with Gasteiger partial charge < -0.3 is 0 Å². The molecule has 0 aliphatic carbocycles. The molecule has 0 spiro atoms. The van der Waals surface area contributed by atoms with Gasteiger partial charge in [-0.3, -0.25) is 4.98 Å². The van der Waals surface area contributed by atoms with Crippen LogP contribution in [0.5, 0.6) is 0 Å². The van der Waals surface area contributed by atoms with Gasteiger partial charge in [0.25, 0.3) is 0 Å². The molecule has 0 saturated heterocycles. The van der Waals surface area contributed by atoms with E-state index in [1.165, 1.54) is 10.8 Å². The van der Waals surface area contributed by atoms with E-state index in [9.17, 15) is 0 Å². The zero-order valence-corrected chi connectivity index (χ0v) is 23.5. The maximum atomic E-state index is 8.62. The van der Waals surface area contributed by atoms with Gasteiger partial charge in [0.2, 0.25) is 0 Å². The number of hydrogen-bond donors (Lipinski definition) is 0. The van der Waals surface area contributed by atoms with E-state index in [2.05, 4.69) is 76.7 Å². The molecule has 0 aliphatic heterocycles. The fourth-order valence-corrected chi connectivity index (χ4v) is 5.82. The minimum absolute atomic E-state index is 0.0420. The molecule has 6 aromatic carbocycles. The Labute approximate surface area is 263 Å². The van der Waals surface area contributed by atoms with Crippen LogP contribution in [0.3, 0.4) is 0 Å². The van der Waals surface area contributed by atoms with E-state index in [1.54, 1.807) is 12.4 Å². The number of hydrogen-bond acceptors (Lipinski definition) is 3. The van der Waals surface area contributed by atoms with Crippen molar-refractivity contribution in [2.75, 3.05) is 0 Å². The predicted molar refractivity (Wildman–Crippen MR) is 182 cm³/mol. The lowest BCUT2D eigenvalue weighted by Crippen LogP contribution is -1.96. The maximum absolute atomic E-state index is 8.62. The second-order valence-corrected chi connectivity index (χ2v) is 10.6. The van der Waals surface area contributed by atoms with Crippen molar-refractivity contribution in [3.63, 3.8) is 0 Å². The second-order valence-electron chi connectivity index (χ2n) is 10.6. The van der Waals surface area contributed by atoms with Crippen molar-refractivity contribution in [3.05, 3.63) is 164 Å². The van der Waals surface area contributed by atoms with Crippen molar-refractivity contribution >= 4 is 21.5 Å². The van der Waals surface area contributed by atoms with E-state index < -0.39 is 18.1 Å². The van der Waals surface area contributed by atoms with Gasteiger partial charge in [0.1, 0.15) is 0 Å². The van der Waals surface area contributed by atoms with E-state index in [0.29, 0.717) is 5.69 Å². The molecule has 0 saturated carbocycles. The highest BCUT2D eigenvalue weighted by atomic mass is 14.9. The molecule has 0 fully saturated rings. The number of aromatic nitrogens is 3. The van der Waals surface area contributed by atoms with Crippen molar-refractivity contribution in [1.82, 2.24) is 15.0 Å². The molecule has 3 nitrogen and oxygen atoms in total. The van der Waals surface area contributed by atoms with Crippen molar-refractivity contribution in [2.24, 2.45) is 0 Å². The molecule has 0 aliphatic rings. The first-order chi connectivity index (χ1) is 23.9. The van der Waals surface area contributed by atoms with Crippen molar-refractivity contribution in [3.8, 4) is 56.0 Å². The van der Waals surface area contributed by atoms with Gasteiger partial charge in [0.15, 0.2) is 5.82 Å². The number of pyridine rings is 1. The van der Waals surface area contributed by atoms with Crippen molar-refractivity contribution < 1.29 is 6.85 Å². The number of nitrogens with zero attached hydrogens (tertiary/aromatic N) is 3. The van der Waals surface area contributed by atoms with Gasteiger partial charge in [-0.25, -0.2) is 9.97 Å². The van der Waals surface area contributed by atoms with E-state index >= 15 is 0 Å². The van der Waals surface area contributed by atoms with Crippen LogP contribution < -0.4 is 0 Å². The molecule has 3 heteroatoms. The number of rotatable bonds is 5. The van der Waals surface area contributed by atoms with Crippen molar-refractivity contribution in [2.45, 2.75) is 0 Å². The van der Waals surface area contributed by atoms with Crippen LogP contribution in [0.15, 0.2) is 164 Å². The predicted octanol–water partition coefficient (Wildman–Crippen LogP) is 10.5. The first-order valence-electron chi connectivity index (χ1n) is 16.9. The summed E-state index contributed by atoms with van der Waals surface area (Å²) in [7, 11) is 0. The van der Waals surface area contributed by atoms with Crippen LogP contribution in [0.1, 0.15) is 6.85 Å². The fourth-order valence-electron chi connectivity index (χ4n) is 5.82. The Balaban J connectivity index is 1.37. The number of benzene rings is 6. The van der Waals surface area contributed by atoms with Gasteiger partial charge in [-0.1, -0.05) is 121 Å². The smallest absolute Gasteiger partial charge is 0.159 e. The third-order valence-corrected chi connectivity index (χ3v) is 7.90. The maximum Gasteiger partial charge on any atom is 0.159 e. The Morgan fingerprint density at radius 1 is 0.477 bits per heavy atom. The standard InChI is InChI=1S/C41H27N3/c1-2-11-28(12-3-1)41-43-27-39(31-16-8-14-29(23-31)34-18-10-22-42-26-34)40(44-41)33-17-9-15-30(24-33)38-25-32-13-4-5-19-35(32)36-20-6-7-21-37(36)38/h1-27H/i1D,2D,3D,11D,12D. The normalized spacial score (nSPS) is 12.8. The quantitative estimate of drug-likeness (QED) is 0.195. The first kappa shape index (κ1) is 20.9. The summed E-state index contributed by atoms with van der Waals surface area (Å²) in [6.07, 6.45) is 5.23. The molecule has 0 N–H and O–H groups in total. The van der Waals surface area contributed by atoms with Gasteiger partial charge in [-0.2, -0.15) is 0 Å². The summed E-state index contributed by atoms with van der Waals surface area (Å²) >= 11 is 0. The van der Waals surface area contributed by atoms with Gasteiger partial charge in [0.05, 0.1) is 12.5 Å². The summed E-state index contributed by atoms with van der Waals surface area (Å²) in [5.41, 5.74) is 6.95. The zero-order chi connectivity index (χ0) is 33.6. The minimum atomic E-state index is -0.460. The molecule has 8 rings (SSSR count). The molecule has 44 heavy (non-hydrogen) atoms. The molecule has 2 aromatic heterocycles. The molecular weight excluding hydrogens is 534 g/mol. The zero-order valence-electron chi connectivity index (χ0n) is 28.5. The molecule has 0 unspecified atom stereocenters. The first-order valence-corrected chi connectivity index (χ1v) is 14.4. The van der Waals surface area contributed by atoms with Crippen LogP contribution in [0.25, 0.3) is 77.6 Å². The van der Waals surface area contributed by atoms with E-state index in [0.717, 1.165) is 49.7 Å². The average molecular weight is 567 g/mol. The summed E-state index contributed by atoms with van der Waals surface area (Å²) in [6.45, 7) is 0. The Morgan fingerprint density at radius 2 is 1.16 bits per heavy atom. The molecular formula is C41H27N3. The molecule has 0 atom stereocenters. The highest BCUT2D eigenvalue weighted by molar-refractivity contribution is 6.13. The van der Waals surface area contributed by atoms with E-state index in [4.69, 9.17) is 11.8 Å². The summed E-state index contributed by atoms with van der Waals surface area (Å²) in [5, 5.41) is 4.62. The third kappa shape index (κ3) is 4.71. The van der Waals surface area contributed by atoms with Crippen LogP contribution >= 0.6 is 0 Å². The fraction of sp³-hybridized carbons (Fsp3) is 0. The van der Waals surface area contributed by atoms with Gasteiger partial charge in [-0.05, 0) is 68.1 Å². The van der Waals surface area contributed by atoms with E-state index in [-0.39, 0.29) is 23.5 Å². The lowest BCUT2D eigenvalue weighted by molar-refractivity contribution is 1.18. The largest absolute Gasteiger partial charge is 0.264 e. The van der Waals surface area contributed by atoms with Crippen molar-refractivity contribution in [1.29, 1.82) is 0 Å². The molecule has 2 heterocycles. The van der Waals surface area contributed by atoms with Crippen LogP contribution in [0.2, 0.25) is 0 Å². The molecule has 0 radical (unpaired) electrons. The molecule has 8 aromatic rings. The summed E-state index contributed by atoms with van der Waals surface area (Å²) in [4.78, 5) is 13.9. The SMILES string of the molecule is [2H]c1c([2H])c([2H])c(-c2ncc(-c3cccc(-c4cccnc4)c3)c(-c3cccc(-c4cc5ccccc5c5ccccc45)c3)n2)c([2H])c1[2H]. The summed E-state index contributed by atoms with van der Waals surface area (Å²) in [5.74, 6) is 0.0562. The Kier molecular flexibility index (Phi) is 5.24. The topological polar surface area (TPSA) is 38.7 Å². The monoisotopic (exact) mass is 566 g/mol. The van der Waals surface area contributed by atoms with Crippen LogP contribution in [-0.2, 0) is 0 Å². The highest BCUT2D eigenvalue weighted by Gasteiger charge is 2.16. The second kappa shape index (κ2) is 11.0. The molecule has 0 amide bonds. The highest BCUT2D eigenvalue weighted by Crippen LogP contribution is 2.38. The minimum Gasteiger partial charge on any atom is -0.264 e. The molecule has 206 valence electrons. The molecule has 0 bridgehead atoms. The van der Waals surface area contributed by atoms with Gasteiger partial charge >= 0.3 is 0 Å². The number of fused-ring (bicyclic) bond motifs is 3. The Hall–Kier alpha value is -5.93. The summed E-state index contributed by atoms with van der Waals surface area (Å²) in [6, 6.07) is 37.1. The van der Waals surface area contributed by atoms with Crippen LogP contribution in [0.4, 0.5) is 0 Å². The van der Waals surface area contributed by atoms with Gasteiger partial charge in [-0.15, -0.1) is 0 Å². The third-order valence-electron chi connectivity index (χ3n) is 7.90. The van der Waals surface area contributed by atoms with Gasteiger partial charge in [0, 0.05) is 40.8 Å². The summed E-state index contributed by atoms with van der Waals surface area (Å²) < 4.78 is 41.9.